The molecular formula is C20H32N6O. The van der Waals surface area contributed by atoms with Crippen LogP contribution in [-0.2, 0) is 6.42 Å². The van der Waals surface area contributed by atoms with E-state index in [1.165, 1.54) is 25.7 Å². The summed E-state index contributed by atoms with van der Waals surface area (Å²) in [4.78, 5) is 9.35. The Morgan fingerprint density at radius 2 is 2.22 bits per heavy atom. The zero-order valence-corrected chi connectivity index (χ0v) is 16.7. The predicted octanol–water partition coefficient (Wildman–Crippen LogP) is 3.38. The third kappa shape index (κ3) is 5.34. The van der Waals surface area contributed by atoms with E-state index in [2.05, 4.69) is 46.6 Å². The summed E-state index contributed by atoms with van der Waals surface area (Å²) < 4.78 is 5.33. The first-order valence-corrected chi connectivity index (χ1v) is 10.1. The lowest BCUT2D eigenvalue weighted by molar-refractivity contribution is 0.111. The number of hydrogen-bond donors (Lipinski definition) is 3. The summed E-state index contributed by atoms with van der Waals surface area (Å²) in [6.07, 6.45) is 7.60. The number of rotatable bonds is 9. The summed E-state index contributed by atoms with van der Waals surface area (Å²) in [5.41, 5.74) is 0.416. The highest BCUT2D eigenvalue weighted by atomic mass is 16.3. The average molecular weight is 373 g/mol. The predicted molar refractivity (Wildman–Crippen MR) is 108 cm³/mol. The second-order valence-corrected chi connectivity index (χ2v) is 7.91. The van der Waals surface area contributed by atoms with Crippen molar-refractivity contribution in [2.24, 2.45) is 16.3 Å². The van der Waals surface area contributed by atoms with Crippen molar-refractivity contribution in [1.29, 1.82) is 0 Å². The lowest BCUT2D eigenvalue weighted by Crippen LogP contribution is -2.41. The van der Waals surface area contributed by atoms with Gasteiger partial charge in [0.25, 0.3) is 0 Å². The second-order valence-electron chi connectivity index (χ2n) is 7.91. The van der Waals surface area contributed by atoms with Gasteiger partial charge in [0, 0.05) is 26.1 Å². The van der Waals surface area contributed by atoms with Crippen molar-refractivity contribution >= 4 is 5.96 Å². The standard InChI is InChI=1S/C20H32N6O/c1-4-21-19(23-14-20(9-6-10-20)13-15(2)3)22-11-8-17-24-18(26-25-17)16-7-5-12-27-16/h5,7,12,15H,4,6,8-11,13-14H2,1-3H3,(H2,21,22,23)(H,24,25,26). The van der Waals surface area contributed by atoms with Crippen molar-refractivity contribution < 1.29 is 4.42 Å². The first kappa shape index (κ1) is 19.5. The molecule has 0 saturated heterocycles. The van der Waals surface area contributed by atoms with E-state index < -0.39 is 0 Å². The quantitative estimate of drug-likeness (QED) is 0.464. The highest BCUT2D eigenvalue weighted by Crippen LogP contribution is 2.46. The van der Waals surface area contributed by atoms with E-state index >= 15 is 0 Å². The number of aliphatic imine (C=N–C) groups is 1. The third-order valence-corrected chi connectivity index (χ3v) is 5.10. The van der Waals surface area contributed by atoms with Crippen LogP contribution in [-0.4, -0.2) is 40.8 Å². The Morgan fingerprint density at radius 3 is 2.85 bits per heavy atom. The fourth-order valence-corrected chi connectivity index (χ4v) is 3.78. The summed E-state index contributed by atoms with van der Waals surface area (Å²) >= 11 is 0. The molecule has 1 aliphatic carbocycles. The van der Waals surface area contributed by atoms with Crippen LogP contribution in [0, 0.1) is 11.3 Å². The molecule has 3 N–H and O–H groups in total. The second kappa shape index (κ2) is 9.06. The normalized spacial score (nSPS) is 16.4. The van der Waals surface area contributed by atoms with Crippen LogP contribution in [0.4, 0.5) is 0 Å². The molecule has 1 saturated carbocycles. The lowest BCUT2D eigenvalue weighted by Gasteiger charge is -2.42. The number of aromatic nitrogens is 3. The minimum Gasteiger partial charge on any atom is -0.461 e. The van der Waals surface area contributed by atoms with Crippen molar-refractivity contribution in [3.05, 3.63) is 24.2 Å². The number of nitrogens with one attached hydrogen (secondary N) is 3. The van der Waals surface area contributed by atoms with E-state index in [-0.39, 0.29) is 0 Å². The van der Waals surface area contributed by atoms with Gasteiger partial charge in [-0.15, -0.1) is 0 Å². The van der Waals surface area contributed by atoms with Gasteiger partial charge in [-0.25, -0.2) is 4.98 Å². The SMILES string of the molecule is CCNC(=NCC1(CC(C)C)CCC1)NCCc1nc(-c2ccco2)n[nH]1. The Bertz CT molecular complexity index is 715. The van der Waals surface area contributed by atoms with Gasteiger partial charge in [0.15, 0.2) is 11.7 Å². The molecule has 0 radical (unpaired) electrons. The summed E-state index contributed by atoms with van der Waals surface area (Å²) in [6, 6.07) is 3.69. The molecular weight excluding hydrogens is 340 g/mol. The first-order chi connectivity index (χ1) is 13.1. The molecule has 27 heavy (non-hydrogen) atoms. The Kier molecular flexibility index (Phi) is 6.53. The number of nitrogens with zero attached hydrogens (tertiary/aromatic N) is 3. The maximum absolute atomic E-state index is 5.33. The van der Waals surface area contributed by atoms with Crippen LogP contribution in [0.15, 0.2) is 27.8 Å². The van der Waals surface area contributed by atoms with Gasteiger partial charge in [-0.1, -0.05) is 20.3 Å². The van der Waals surface area contributed by atoms with Crippen molar-refractivity contribution in [2.75, 3.05) is 19.6 Å². The highest BCUT2D eigenvalue weighted by molar-refractivity contribution is 5.79. The summed E-state index contributed by atoms with van der Waals surface area (Å²) in [5, 5.41) is 13.9. The maximum Gasteiger partial charge on any atom is 0.216 e. The zero-order valence-electron chi connectivity index (χ0n) is 16.7. The topological polar surface area (TPSA) is 91.1 Å². The van der Waals surface area contributed by atoms with Gasteiger partial charge in [-0.05, 0) is 49.7 Å². The minimum absolute atomic E-state index is 0.416. The molecule has 7 heteroatoms. The molecule has 2 heterocycles. The molecule has 0 amide bonds. The number of H-pyrrole nitrogens is 1. The van der Waals surface area contributed by atoms with Crippen LogP contribution >= 0.6 is 0 Å². The van der Waals surface area contributed by atoms with Crippen molar-refractivity contribution in [3.63, 3.8) is 0 Å². The number of hydrogen-bond acceptors (Lipinski definition) is 4. The van der Waals surface area contributed by atoms with Gasteiger partial charge < -0.3 is 15.1 Å². The van der Waals surface area contributed by atoms with E-state index in [1.54, 1.807) is 6.26 Å². The van der Waals surface area contributed by atoms with Gasteiger partial charge in [-0.3, -0.25) is 10.1 Å². The van der Waals surface area contributed by atoms with Gasteiger partial charge in [0.1, 0.15) is 5.82 Å². The monoisotopic (exact) mass is 372 g/mol. The molecule has 7 nitrogen and oxygen atoms in total. The first-order valence-electron chi connectivity index (χ1n) is 10.1. The average Bonchev–Trinajstić information content (AvgIpc) is 3.27. The van der Waals surface area contributed by atoms with E-state index in [1.807, 2.05) is 12.1 Å². The van der Waals surface area contributed by atoms with E-state index in [0.717, 1.165) is 43.8 Å². The summed E-state index contributed by atoms with van der Waals surface area (Å²) in [5.74, 6) is 3.72. The van der Waals surface area contributed by atoms with Gasteiger partial charge in [0.2, 0.25) is 5.82 Å². The summed E-state index contributed by atoms with van der Waals surface area (Å²) in [6.45, 7) is 9.22. The van der Waals surface area contributed by atoms with Crippen LogP contribution in [0.25, 0.3) is 11.6 Å². The smallest absolute Gasteiger partial charge is 0.216 e. The lowest BCUT2D eigenvalue weighted by atomic mass is 9.64. The Labute approximate surface area is 161 Å². The third-order valence-electron chi connectivity index (χ3n) is 5.10. The summed E-state index contributed by atoms with van der Waals surface area (Å²) in [7, 11) is 0. The molecule has 3 rings (SSSR count). The molecule has 0 unspecified atom stereocenters. The molecule has 2 aromatic rings. The van der Waals surface area contributed by atoms with Gasteiger partial charge in [0.05, 0.1) is 6.26 Å². The Hall–Kier alpha value is -2.31. The van der Waals surface area contributed by atoms with E-state index in [9.17, 15) is 0 Å². The van der Waals surface area contributed by atoms with Crippen LogP contribution in [0.5, 0.6) is 0 Å². The van der Waals surface area contributed by atoms with Crippen molar-refractivity contribution in [1.82, 2.24) is 25.8 Å². The maximum atomic E-state index is 5.33. The molecule has 1 fully saturated rings. The van der Waals surface area contributed by atoms with Crippen molar-refractivity contribution in [2.45, 2.75) is 52.9 Å². The Morgan fingerprint density at radius 1 is 1.37 bits per heavy atom. The van der Waals surface area contributed by atoms with Crippen LogP contribution in [0.1, 0.15) is 52.3 Å². The molecule has 2 aromatic heterocycles. The Balaban J connectivity index is 1.51. The number of furan rings is 1. The number of aromatic amines is 1. The molecule has 0 aromatic carbocycles. The fourth-order valence-electron chi connectivity index (χ4n) is 3.78. The van der Waals surface area contributed by atoms with Crippen molar-refractivity contribution in [3.8, 4) is 11.6 Å². The molecule has 0 atom stereocenters. The van der Waals surface area contributed by atoms with E-state index in [0.29, 0.717) is 17.0 Å². The van der Waals surface area contributed by atoms with E-state index in [4.69, 9.17) is 9.41 Å². The van der Waals surface area contributed by atoms with Gasteiger partial charge in [-0.2, -0.15) is 5.10 Å². The van der Waals surface area contributed by atoms with Crippen LogP contribution in [0.2, 0.25) is 0 Å². The molecule has 148 valence electrons. The van der Waals surface area contributed by atoms with Crippen LogP contribution < -0.4 is 10.6 Å². The molecule has 1 aliphatic rings. The molecule has 0 bridgehead atoms. The minimum atomic E-state index is 0.416. The molecule has 0 spiro atoms. The fraction of sp³-hybridized carbons (Fsp3) is 0.650. The number of guanidine groups is 1. The zero-order chi connectivity index (χ0) is 19.1. The van der Waals surface area contributed by atoms with Gasteiger partial charge >= 0.3 is 0 Å². The molecule has 0 aliphatic heterocycles. The largest absolute Gasteiger partial charge is 0.461 e. The highest BCUT2D eigenvalue weighted by Gasteiger charge is 2.37. The van der Waals surface area contributed by atoms with Crippen LogP contribution in [0.3, 0.4) is 0 Å².